The SMILES string of the molecule is CCNC(=NCC1(O)CCOCC1)NC(C)CCC1CCCCC1. The molecule has 2 rings (SSSR count). The molecule has 2 aliphatic rings. The lowest BCUT2D eigenvalue weighted by Crippen LogP contribution is -2.45. The van der Waals surface area contributed by atoms with Gasteiger partial charge in [0.25, 0.3) is 0 Å². The van der Waals surface area contributed by atoms with Crippen LogP contribution in [0.15, 0.2) is 4.99 Å². The third-order valence-electron chi connectivity index (χ3n) is 5.42. The number of guanidine groups is 1. The standard InChI is InChI=1S/C19H37N3O2/c1-3-20-18(21-15-19(23)11-13-24-14-12-19)22-16(2)9-10-17-7-5-4-6-8-17/h16-17,23H,3-15H2,1-2H3,(H2,20,21,22). The van der Waals surface area contributed by atoms with Crippen molar-refractivity contribution in [2.45, 2.75) is 83.3 Å². The van der Waals surface area contributed by atoms with E-state index in [1.165, 1.54) is 44.9 Å². The van der Waals surface area contributed by atoms with Crippen molar-refractivity contribution in [2.24, 2.45) is 10.9 Å². The number of nitrogens with one attached hydrogen (secondary N) is 2. The topological polar surface area (TPSA) is 65.9 Å². The highest BCUT2D eigenvalue weighted by Gasteiger charge is 2.29. The van der Waals surface area contributed by atoms with Gasteiger partial charge in [0.1, 0.15) is 0 Å². The maximum Gasteiger partial charge on any atom is 0.191 e. The van der Waals surface area contributed by atoms with E-state index in [4.69, 9.17) is 4.74 Å². The van der Waals surface area contributed by atoms with Crippen LogP contribution in [0.25, 0.3) is 0 Å². The first kappa shape index (κ1) is 19.5. The van der Waals surface area contributed by atoms with Gasteiger partial charge < -0.3 is 20.5 Å². The van der Waals surface area contributed by atoms with Gasteiger partial charge in [-0.3, -0.25) is 4.99 Å². The predicted octanol–water partition coefficient (Wildman–Crippen LogP) is 2.83. The number of aliphatic imine (C=N–C) groups is 1. The molecule has 0 spiro atoms. The molecule has 140 valence electrons. The molecule has 5 nitrogen and oxygen atoms in total. The molecule has 5 heteroatoms. The fourth-order valence-electron chi connectivity index (χ4n) is 3.72. The zero-order chi connectivity index (χ0) is 17.3. The fraction of sp³-hybridized carbons (Fsp3) is 0.947. The largest absolute Gasteiger partial charge is 0.388 e. The Hall–Kier alpha value is -0.810. The third kappa shape index (κ3) is 6.98. The van der Waals surface area contributed by atoms with Gasteiger partial charge in [0.15, 0.2) is 5.96 Å². The van der Waals surface area contributed by atoms with E-state index in [9.17, 15) is 5.11 Å². The van der Waals surface area contributed by atoms with Crippen molar-refractivity contribution < 1.29 is 9.84 Å². The molecule has 1 unspecified atom stereocenters. The maximum atomic E-state index is 10.6. The third-order valence-corrected chi connectivity index (χ3v) is 5.42. The van der Waals surface area contributed by atoms with Gasteiger partial charge in [-0.2, -0.15) is 0 Å². The zero-order valence-electron chi connectivity index (χ0n) is 15.6. The Morgan fingerprint density at radius 1 is 1.25 bits per heavy atom. The highest BCUT2D eigenvalue weighted by molar-refractivity contribution is 5.80. The van der Waals surface area contributed by atoms with Crippen molar-refractivity contribution in [3.63, 3.8) is 0 Å². The molecule has 24 heavy (non-hydrogen) atoms. The Kier molecular flexibility index (Phi) is 8.33. The van der Waals surface area contributed by atoms with Crippen molar-refractivity contribution in [1.82, 2.24) is 10.6 Å². The molecule has 1 atom stereocenters. The molecular weight excluding hydrogens is 302 g/mol. The van der Waals surface area contributed by atoms with Gasteiger partial charge in [0.2, 0.25) is 0 Å². The lowest BCUT2D eigenvalue weighted by Gasteiger charge is -2.31. The first-order chi connectivity index (χ1) is 11.6. The summed E-state index contributed by atoms with van der Waals surface area (Å²) in [6.45, 7) is 6.86. The van der Waals surface area contributed by atoms with Gasteiger partial charge in [-0.1, -0.05) is 32.1 Å². The van der Waals surface area contributed by atoms with Gasteiger partial charge in [0, 0.05) is 38.6 Å². The van der Waals surface area contributed by atoms with Crippen molar-refractivity contribution in [2.75, 3.05) is 26.3 Å². The van der Waals surface area contributed by atoms with Crippen LogP contribution in [0.5, 0.6) is 0 Å². The Morgan fingerprint density at radius 2 is 1.96 bits per heavy atom. The van der Waals surface area contributed by atoms with E-state index in [1.54, 1.807) is 0 Å². The van der Waals surface area contributed by atoms with Crippen molar-refractivity contribution >= 4 is 5.96 Å². The average Bonchev–Trinajstić information content (AvgIpc) is 2.60. The lowest BCUT2D eigenvalue weighted by molar-refractivity contribution is -0.0566. The number of aliphatic hydroxyl groups is 1. The molecule has 1 aliphatic heterocycles. The molecule has 0 aromatic rings. The molecule has 1 aliphatic carbocycles. The molecule has 1 saturated carbocycles. The fourth-order valence-corrected chi connectivity index (χ4v) is 3.72. The van der Waals surface area contributed by atoms with Crippen LogP contribution >= 0.6 is 0 Å². The van der Waals surface area contributed by atoms with Crippen molar-refractivity contribution in [3.05, 3.63) is 0 Å². The van der Waals surface area contributed by atoms with Crippen LogP contribution < -0.4 is 10.6 Å². The van der Waals surface area contributed by atoms with Gasteiger partial charge in [-0.15, -0.1) is 0 Å². The summed E-state index contributed by atoms with van der Waals surface area (Å²) in [6.07, 6.45) is 10.9. The summed E-state index contributed by atoms with van der Waals surface area (Å²) < 4.78 is 5.33. The van der Waals surface area contributed by atoms with E-state index >= 15 is 0 Å². The van der Waals surface area contributed by atoms with E-state index in [2.05, 4.69) is 29.5 Å². The Bertz CT molecular complexity index is 375. The molecule has 0 radical (unpaired) electrons. The van der Waals surface area contributed by atoms with Crippen LogP contribution in [0, 0.1) is 5.92 Å². The van der Waals surface area contributed by atoms with Crippen LogP contribution in [-0.2, 0) is 4.74 Å². The smallest absolute Gasteiger partial charge is 0.191 e. The van der Waals surface area contributed by atoms with Gasteiger partial charge in [0.05, 0.1) is 12.1 Å². The summed E-state index contributed by atoms with van der Waals surface area (Å²) in [4.78, 5) is 4.63. The lowest BCUT2D eigenvalue weighted by atomic mass is 9.85. The Labute approximate surface area is 147 Å². The number of ether oxygens (including phenoxy) is 1. The van der Waals surface area contributed by atoms with Crippen LogP contribution in [0.2, 0.25) is 0 Å². The molecule has 1 heterocycles. The second-order valence-corrected chi connectivity index (χ2v) is 7.66. The summed E-state index contributed by atoms with van der Waals surface area (Å²) in [5.41, 5.74) is -0.702. The van der Waals surface area contributed by atoms with Gasteiger partial charge >= 0.3 is 0 Å². The summed E-state index contributed by atoms with van der Waals surface area (Å²) >= 11 is 0. The first-order valence-corrected chi connectivity index (χ1v) is 9.96. The molecule has 0 bridgehead atoms. The van der Waals surface area contributed by atoms with Gasteiger partial charge in [-0.25, -0.2) is 0 Å². The summed E-state index contributed by atoms with van der Waals surface area (Å²) in [5.74, 6) is 1.75. The molecule has 0 amide bonds. The highest BCUT2D eigenvalue weighted by atomic mass is 16.5. The number of hydrogen-bond acceptors (Lipinski definition) is 3. The quantitative estimate of drug-likeness (QED) is 0.493. The molecular formula is C19H37N3O2. The van der Waals surface area contributed by atoms with Crippen molar-refractivity contribution in [1.29, 1.82) is 0 Å². The van der Waals surface area contributed by atoms with Crippen LogP contribution in [0.3, 0.4) is 0 Å². The van der Waals surface area contributed by atoms with Crippen molar-refractivity contribution in [3.8, 4) is 0 Å². The average molecular weight is 340 g/mol. The number of rotatable bonds is 7. The van der Waals surface area contributed by atoms with Crippen LogP contribution in [0.4, 0.5) is 0 Å². The second kappa shape index (κ2) is 10.2. The monoisotopic (exact) mass is 339 g/mol. The predicted molar refractivity (Wildman–Crippen MR) is 99.4 cm³/mol. The van der Waals surface area contributed by atoms with E-state index in [1.807, 2.05) is 0 Å². The summed E-state index contributed by atoms with van der Waals surface area (Å²) in [5, 5.41) is 17.4. The summed E-state index contributed by atoms with van der Waals surface area (Å²) in [6, 6.07) is 0.411. The zero-order valence-corrected chi connectivity index (χ0v) is 15.6. The molecule has 3 N–H and O–H groups in total. The van der Waals surface area contributed by atoms with Gasteiger partial charge in [-0.05, 0) is 32.6 Å². The van der Waals surface area contributed by atoms with E-state index in [0.29, 0.717) is 38.6 Å². The summed E-state index contributed by atoms with van der Waals surface area (Å²) in [7, 11) is 0. The Balaban J connectivity index is 1.76. The minimum absolute atomic E-state index is 0.411. The number of nitrogens with zero attached hydrogens (tertiary/aromatic N) is 1. The minimum atomic E-state index is -0.702. The van der Waals surface area contributed by atoms with E-state index < -0.39 is 5.60 Å². The molecule has 2 fully saturated rings. The molecule has 0 aromatic carbocycles. The number of hydrogen-bond donors (Lipinski definition) is 3. The minimum Gasteiger partial charge on any atom is -0.388 e. The van der Waals surface area contributed by atoms with Crippen LogP contribution in [0.1, 0.15) is 71.6 Å². The van der Waals surface area contributed by atoms with Crippen LogP contribution in [-0.4, -0.2) is 49.0 Å². The molecule has 1 saturated heterocycles. The van der Waals surface area contributed by atoms with E-state index in [-0.39, 0.29) is 0 Å². The normalized spacial score (nSPS) is 23.7. The Morgan fingerprint density at radius 3 is 2.62 bits per heavy atom. The molecule has 0 aromatic heterocycles. The second-order valence-electron chi connectivity index (χ2n) is 7.66. The highest BCUT2D eigenvalue weighted by Crippen LogP contribution is 2.27. The van der Waals surface area contributed by atoms with E-state index in [0.717, 1.165) is 18.4 Å². The maximum absolute atomic E-state index is 10.6. The first-order valence-electron chi connectivity index (χ1n) is 9.96.